The summed E-state index contributed by atoms with van der Waals surface area (Å²) in [5.74, 6) is -1.51. The van der Waals surface area contributed by atoms with Crippen LogP contribution in [0.3, 0.4) is 0 Å². The zero-order chi connectivity index (χ0) is 23.4. The maximum absolute atomic E-state index is 13.9. The lowest BCUT2D eigenvalue weighted by atomic mass is 9.95. The van der Waals surface area contributed by atoms with Gasteiger partial charge in [0, 0.05) is 33.0 Å². The van der Waals surface area contributed by atoms with E-state index in [0.717, 1.165) is 0 Å². The molecule has 0 fully saturated rings. The fourth-order valence-corrected chi connectivity index (χ4v) is 4.54. The molecule has 5 N–H and O–H groups in total. The Labute approximate surface area is 191 Å². The number of β-amino-alcohol motifs (C(OH)–C–C–N with tert-alkyl or cyclic N) is 1. The summed E-state index contributed by atoms with van der Waals surface area (Å²) in [5, 5.41) is 16.0. The third-order valence-electron chi connectivity index (χ3n) is 5.76. The van der Waals surface area contributed by atoms with Crippen molar-refractivity contribution >= 4 is 40.6 Å². The van der Waals surface area contributed by atoms with Crippen LogP contribution >= 0.6 is 11.6 Å². The van der Waals surface area contributed by atoms with Crippen LogP contribution in [-0.4, -0.2) is 23.6 Å². The lowest BCUT2D eigenvalue weighted by molar-refractivity contribution is 0.0960. The highest BCUT2D eigenvalue weighted by atomic mass is 35.5. The Balaban J connectivity index is 1.55. The topological polar surface area (TPSA) is 108 Å². The zero-order valence-electron chi connectivity index (χ0n) is 16.9. The number of halogens is 3. The van der Waals surface area contributed by atoms with E-state index >= 15 is 0 Å². The fourth-order valence-electron chi connectivity index (χ4n) is 4.31. The molecular weight excluding hydrogens is 454 g/mol. The van der Waals surface area contributed by atoms with Gasteiger partial charge < -0.3 is 21.5 Å². The molecule has 2 aliphatic rings. The number of nitrogen functional groups attached to an aromatic ring is 1. The molecule has 2 aliphatic heterocycles. The van der Waals surface area contributed by atoms with E-state index < -0.39 is 35.7 Å². The van der Waals surface area contributed by atoms with Gasteiger partial charge in [-0.3, -0.25) is 9.69 Å². The van der Waals surface area contributed by atoms with Crippen molar-refractivity contribution in [2.45, 2.75) is 12.1 Å². The maximum Gasteiger partial charge on any atom is 0.326 e. The maximum atomic E-state index is 13.9. The van der Waals surface area contributed by atoms with Crippen LogP contribution in [0.25, 0.3) is 0 Å². The normalized spacial score (nSPS) is 18.7. The number of anilines is 3. The van der Waals surface area contributed by atoms with Crippen LogP contribution in [0.15, 0.2) is 48.5 Å². The van der Waals surface area contributed by atoms with Gasteiger partial charge in [-0.1, -0.05) is 11.6 Å². The van der Waals surface area contributed by atoms with Crippen molar-refractivity contribution in [1.82, 2.24) is 5.32 Å². The minimum atomic E-state index is -1.05. The predicted octanol–water partition coefficient (Wildman–Crippen LogP) is 4.12. The van der Waals surface area contributed by atoms with Crippen LogP contribution in [0, 0.1) is 11.6 Å². The molecule has 0 aromatic heterocycles. The molecule has 0 saturated heterocycles. The second-order valence-corrected chi connectivity index (χ2v) is 8.27. The monoisotopic (exact) mass is 470 g/mol. The number of carbonyl (C=O) groups excluding carboxylic acids is 2. The number of fused-ring (bicyclic) bond motifs is 2. The van der Waals surface area contributed by atoms with Crippen molar-refractivity contribution in [3.63, 3.8) is 0 Å². The van der Waals surface area contributed by atoms with Crippen molar-refractivity contribution in [1.29, 1.82) is 0 Å². The van der Waals surface area contributed by atoms with E-state index in [1.807, 2.05) is 0 Å². The van der Waals surface area contributed by atoms with Gasteiger partial charge in [0.05, 0.1) is 30.1 Å². The molecule has 3 aromatic rings. The third kappa shape index (κ3) is 3.55. The Morgan fingerprint density at radius 3 is 2.58 bits per heavy atom. The molecule has 0 aliphatic carbocycles. The van der Waals surface area contributed by atoms with Crippen LogP contribution in [0.2, 0.25) is 5.02 Å². The van der Waals surface area contributed by atoms with Crippen molar-refractivity contribution in [3.05, 3.63) is 87.4 Å². The Bertz CT molecular complexity index is 1330. The molecule has 10 heteroatoms. The number of nitrogens with two attached hydrogens (primary N) is 1. The van der Waals surface area contributed by atoms with E-state index in [-0.39, 0.29) is 28.5 Å². The molecule has 2 heterocycles. The first-order valence-electron chi connectivity index (χ1n) is 9.98. The third-order valence-corrected chi connectivity index (χ3v) is 6.11. The molecule has 0 saturated carbocycles. The van der Waals surface area contributed by atoms with Crippen LogP contribution < -0.4 is 21.3 Å². The number of hydrogen-bond acceptors (Lipinski definition) is 4. The average molecular weight is 471 g/mol. The Hall–Kier alpha value is -3.69. The molecule has 33 heavy (non-hydrogen) atoms. The fraction of sp³-hybridized carbons (Fsp3) is 0.130. The summed E-state index contributed by atoms with van der Waals surface area (Å²) >= 11 is 6.27. The first-order chi connectivity index (χ1) is 15.7. The number of carbonyl (C=O) groups is 2. The molecule has 168 valence electrons. The number of nitrogens with zero attached hydrogens (tertiary/aromatic N) is 1. The van der Waals surface area contributed by atoms with E-state index in [9.17, 15) is 23.5 Å². The average Bonchev–Trinajstić information content (AvgIpc) is 3.27. The van der Waals surface area contributed by atoms with Crippen molar-refractivity contribution in [2.75, 3.05) is 22.5 Å². The zero-order valence-corrected chi connectivity index (χ0v) is 17.7. The molecule has 0 radical (unpaired) electrons. The number of rotatable bonds is 2. The number of hydrogen-bond donors (Lipinski definition) is 4. The van der Waals surface area contributed by atoms with Crippen molar-refractivity contribution in [2.24, 2.45) is 0 Å². The Morgan fingerprint density at radius 1 is 1.12 bits per heavy atom. The number of urea groups is 1. The molecule has 3 aromatic carbocycles. The number of aliphatic hydroxyl groups is 1. The first-order valence-corrected chi connectivity index (χ1v) is 10.4. The summed E-state index contributed by atoms with van der Waals surface area (Å²) in [4.78, 5) is 27.0. The molecule has 3 amide bonds. The van der Waals surface area contributed by atoms with E-state index in [2.05, 4.69) is 10.6 Å². The quantitative estimate of drug-likeness (QED) is 0.422. The van der Waals surface area contributed by atoms with Crippen molar-refractivity contribution < 1.29 is 23.5 Å². The highest BCUT2D eigenvalue weighted by Crippen LogP contribution is 2.41. The van der Waals surface area contributed by atoms with Crippen LogP contribution in [0.5, 0.6) is 0 Å². The smallest absolute Gasteiger partial charge is 0.326 e. The standard InChI is InChI=1S/C23H17ClF2N4O3/c24-16-3-1-10(25)5-13(16)21-20-15(22(32)29-21)7-12(27)8-17(20)28-23(33)30-9-19(31)14-6-11(26)2-4-18(14)30/h1-8,19,21,31H,9,27H2,(H,28,33)(H,29,32)/t19-,21+/m0/s1. The van der Waals surface area contributed by atoms with Gasteiger partial charge in [-0.05, 0) is 48.5 Å². The summed E-state index contributed by atoms with van der Waals surface area (Å²) in [6.45, 7) is -0.0779. The van der Waals surface area contributed by atoms with E-state index in [4.69, 9.17) is 17.3 Å². The summed E-state index contributed by atoms with van der Waals surface area (Å²) in [6.07, 6.45) is -1.05. The molecule has 2 atom stereocenters. The number of aliphatic hydroxyl groups excluding tert-OH is 1. The van der Waals surface area contributed by atoms with Crippen LogP contribution in [0.1, 0.15) is 39.2 Å². The minimum absolute atomic E-state index is 0.0779. The predicted molar refractivity (Wildman–Crippen MR) is 119 cm³/mol. The summed E-state index contributed by atoms with van der Waals surface area (Å²) in [5.41, 5.74) is 8.00. The molecule has 0 spiro atoms. The number of benzene rings is 3. The number of nitrogens with one attached hydrogen (secondary N) is 2. The van der Waals surface area contributed by atoms with Gasteiger partial charge in [0.1, 0.15) is 11.6 Å². The van der Waals surface area contributed by atoms with Gasteiger partial charge in [0.2, 0.25) is 0 Å². The number of amides is 3. The van der Waals surface area contributed by atoms with Crippen LogP contribution in [-0.2, 0) is 0 Å². The largest absolute Gasteiger partial charge is 0.399 e. The lowest BCUT2D eigenvalue weighted by Crippen LogP contribution is -2.34. The molecule has 5 rings (SSSR count). The second-order valence-electron chi connectivity index (χ2n) is 7.86. The van der Waals surface area contributed by atoms with Gasteiger partial charge in [0.15, 0.2) is 0 Å². The van der Waals surface area contributed by atoms with Crippen molar-refractivity contribution in [3.8, 4) is 0 Å². The minimum Gasteiger partial charge on any atom is -0.399 e. The molecule has 0 unspecified atom stereocenters. The Morgan fingerprint density at radius 2 is 1.82 bits per heavy atom. The van der Waals surface area contributed by atoms with E-state index in [0.29, 0.717) is 22.4 Å². The van der Waals surface area contributed by atoms with Gasteiger partial charge in [0.25, 0.3) is 5.91 Å². The summed E-state index contributed by atoms with van der Waals surface area (Å²) in [6, 6.07) is 9.09. The highest BCUT2D eigenvalue weighted by molar-refractivity contribution is 6.31. The Kier molecular flexibility index (Phi) is 4.95. The molecule has 7 nitrogen and oxygen atoms in total. The van der Waals surface area contributed by atoms with Gasteiger partial charge >= 0.3 is 6.03 Å². The van der Waals surface area contributed by atoms with E-state index in [1.165, 1.54) is 53.4 Å². The van der Waals surface area contributed by atoms with E-state index in [1.54, 1.807) is 0 Å². The molecular formula is C23H17ClF2N4O3. The summed E-state index contributed by atoms with van der Waals surface area (Å²) in [7, 11) is 0. The lowest BCUT2D eigenvalue weighted by Gasteiger charge is -2.22. The molecule has 0 bridgehead atoms. The highest BCUT2D eigenvalue weighted by Gasteiger charge is 2.36. The first kappa shape index (κ1) is 21.2. The van der Waals surface area contributed by atoms with Crippen LogP contribution in [0.4, 0.5) is 30.6 Å². The van der Waals surface area contributed by atoms with Gasteiger partial charge in [-0.15, -0.1) is 0 Å². The summed E-state index contributed by atoms with van der Waals surface area (Å²) < 4.78 is 27.5. The SMILES string of the molecule is Nc1cc(NC(=O)N2C[C@H](O)c3cc(F)ccc32)c2c(c1)C(=O)N[C@@H]2c1cc(F)ccc1Cl. The van der Waals surface area contributed by atoms with Gasteiger partial charge in [-0.2, -0.15) is 0 Å². The second kappa shape index (κ2) is 7.72. The van der Waals surface area contributed by atoms with Gasteiger partial charge in [-0.25, -0.2) is 13.6 Å².